The lowest BCUT2D eigenvalue weighted by Crippen LogP contribution is -2.27. The zero-order valence-corrected chi connectivity index (χ0v) is 11.5. The van der Waals surface area contributed by atoms with E-state index in [-0.39, 0.29) is 0 Å². The first kappa shape index (κ1) is 13.1. The summed E-state index contributed by atoms with van der Waals surface area (Å²) in [7, 11) is 1.93. The third-order valence-corrected chi connectivity index (χ3v) is 3.27. The Morgan fingerprint density at radius 1 is 1.39 bits per heavy atom. The van der Waals surface area contributed by atoms with Crippen LogP contribution < -0.4 is 5.32 Å². The van der Waals surface area contributed by atoms with Gasteiger partial charge in [-0.1, -0.05) is 29.8 Å². The highest BCUT2D eigenvalue weighted by atomic mass is 35.5. The molecule has 18 heavy (non-hydrogen) atoms. The van der Waals surface area contributed by atoms with Crippen molar-refractivity contribution in [1.29, 1.82) is 0 Å². The number of rotatable bonds is 5. The van der Waals surface area contributed by atoms with E-state index in [1.54, 1.807) is 0 Å². The van der Waals surface area contributed by atoms with E-state index in [1.165, 1.54) is 11.1 Å². The molecule has 0 radical (unpaired) electrons. The van der Waals surface area contributed by atoms with Crippen molar-refractivity contribution in [3.8, 4) is 0 Å². The number of aromatic nitrogens is 2. The lowest BCUT2D eigenvalue weighted by atomic mass is 10.1. The molecule has 0 fully saturated rings. The van der Waals surface area contributed by atoms with Crippen molar-refractivity contribution in [3.63, 3.8) is 0 Å². The van der Waals surface area contributed by atoms with Gasteiger partial charge in [0, 0.05) is 36.4 Å². The molecule has 0 saturated carbocycles. The van der Waals surface area contributed by atoms with E-state index in [2.05, 4.69) is 23.4 Å². The molecule has 0 aliphatic rings. The summed E-state index contributed by atoms with van der Waals surface area (Å²) in [6.07, 6.45) is 4.84. The largest absolute Gasteiger partial charge is 0.310 e. The molecule has 0 bridgehead atoms. The number of hydrogen-bond acceptors (Lipinski definition) is 2. The van der Waals surface area contributed by atoms with Gasteiger partial charge in [-0.05, 0) is 25.0 Å². The number of hydrogen-bond donors (Lipinski definition) is 1. The van der Waals surface area contributed by atoms with E-state index in [0.29, 0.717) is 6.04 Å². The Bertz CT molecular complexity index is 507. The predicted molar refractivity (Wildman–Crippen MR) is 74.7 cm³/mol. The fourth-order valence-electron chi connectivity index (χ4n) is 1.92. The van der Waals surface area contributed by atoms with Gasteiger partial charge in [-0.2, -0.15) is 5.10 Å². The molecule has 3 nitrogen and oxygen atoms in total. The van der Waals surface area contributed by atoms with Crippen molar-refractivity contribution in [1.82, 2.24) is 15.1 Å². The van der Waals surface area contributed by atoms with Gasteiger partial charge in [0.2, 0.25) is 0 Å². The number of nitrogens with zero attached hydrogens (tertiary/aromatic N) is 2. The molecular weight excluding hydrogens is 246 g/mol. The molecule has 96 valence electrons. The van der Waals surface area contributed by atoms with Crippen molar-refractivity contribution in [2.75, 3.05) is 0 Å². The van der Waals surface area contributed by atoms with Gasteiger partial charge in [-0.25, -0.2) is 0 Å². The van der Waals surface area contributed by atoms with Crippen LogP contribution in [0.5, 0.6) is 0 Å². The van der Waals surface area contributed by atoms with E-state index < -0.39 is 0 Å². The van der Waals surface area contributed by atoms with Gasteiger partial charge in [-0.3, -0.25) is 4.68 Å². The van der Waals surface area contributed by atoms with Crippen molar-refractivity contribution in [2.45, 2.75) is 25.9 Å². The van der Waals surface area contributed by atoms with E-state index in [9.17, 15) is 0 Å². The third kappa shape index (κ3) is 3.59. The van der Waals surface area contributed by atoms with Gasteiger partial charge >= 0.3 is 0 Å². The molecule has 1 aromatic carbocycles. The SMILES string of the molecule is CC(Cc1ccccc1Cl)NCc1cnn(C)c1. The molecule has 0 saturated heterocycles. The summed E-state index contributed by atoms with van der Waals surface area (Å²) in [5, 5.41) is 8.46. The second-order valence-corrected chi connectivity index (χ2v) is 5.01. The highest BCUT2D eigenvalue weighted by Crippen LogP contribution is 2.16. The Kier molecular flexibility index (Phi) is 4.39. The average molecular weight is 264 g/mol. The maximum absolute atomic E-state index is 6.15. The van der Waals surface area contributed by atoms with Crippen molar-refractivity contribution < 1.29 is 0 Å². The molecule has 1 N–H and O–H groups in total. The average Bonchev–Trinajstić information content (AvgIpc) is 2.76. The van der Waals surface area contributed by atoms with Crippen LogP contribution in [0.3, 0.4) is 0 Å². The molecule has 2 aromatic rings. The number of halogens is 1. The molecule has 0 amide bonds. The lowest BCUT2D eigenvalue weighted by Gasteiger charge is -2.14. The molecule has 0 aliphatic carbocycles. The minimum Gasteiger partial charge on any atom is -0.310 e. The van der Waals surface area contributed by atoms with Gasteiger partial charge in [0.05, 0.1) is 6.20 Å². The van der Waals surface area contributed by atoms with E-state index in [0.717, 1.165) is 18.0 Å². The Labute approximate surface area is 113 Å². The molecule has 1 heterocycles. The summed E-state index contributed by atoms with van der Waals surface area (Å²) in [5.41, 5.74) is 2.38. The third-order valence-electron chi connectivity index (χ3n) is 2.90. The fourth-order valence-corrected chi connectivity index (χ4v) is 2.13. The minimum atomic E-state index is 0.380. The zero-order chi connectivity index (χ0) is 13.0. The summed E-state index contributed by atoms with van der Waals surface area (Å²) in [5.74, 6) is 0. The molecule has 0 spiro atoms. The molecule has 1 atom stereocenters. The number of nitrogens with one attached hydrogen (secondary N) is 1. The van der Waals surface area contributed by atoms with Gasteiger partial charge < -0.3 is 5.32 Å². The van der Waals surface area contributed by atoms with Crippen LogP contribution in [0.1, 0.15) is 18.1 Å². The topological polar surface area (TPSA) is 29.9 Å². The Hall–Kier alpha value is -1.32. The van der Waals surface area contributed by atoms with Crippen LogP contribution in [-0.4, -0.2) is 15.8 Å². The number of aryl methyl sites for hydroxylation is 1. The van der Waals surface area contributed by atoms with Gasteiger partial charge in [0.1, 0.15) is 0 Å². The maximum atomic E-state index is 6.15. The van der Waals surface area contributed by atoms with Crippen molar-refractivity contribution in [2.24, 2.45) is 7.05 Å². The Balaban J connectivity index is 1.85. The first-order chi connectivity index (χ1) is 8.65. The Morgan fingerprint density at radius 2 is 2.17 bits per heavy atom. The minimum absolute atomic E-state index is 0.380. The quantitative estimate of drug-likeness (QED) is 0.899. The molecule has 0 aliphatic heterocycles. The first-order valence-corrected chi connectivity index (χ1v) is 6.47. The normalized spacial score (nSPS) is 12.6. The van der Waals surface area contributed by atoms with Gasteiger partial charge in [-0.15, -0.1) is 0 Å². The zero-order valence-electron chi connectivity index (χ0n) is 10.7. The lowest BCUT2D eigenvalue weighted by molar-refractivity contribution is 0.545. The van der Waals surface area contributed by atoms with Crippen molar-refractivity contribution >= 4 is 11.6 Å². The van der Waals surface area contributed by atoms with Gasteiger partial charge in [0.25, 0.3) is 0 Å². The van der Waals surface area contributed by atoms with Gasteiger partial charge in [0.15, 0.2) is 0 Å². The van der Waals surface area contributed by atoms with E-state index in [1.807, 2.05) is 42.3 Å². The summed E-state index contributed by atoms with van der Waals surface area (Å²) >= 11 is 6.15. The highest BCUT2D eigenvalue weighted by molar-refractivity contribution is 6.31. The van der Waals surface area contributed by atoms with Crippen LogP contribution in [0.4, 0.5) is 0 Å². The van der Waals surface area contributed by atoms with Crippen LogP contribution >= 0.6 is 11.6 Å². The summed E-state index contributed by atoms with van der Waals surface area (Å²) < 4.78 is 1.82. The Morgan fingerprint density at radius 3 is 2.83 bits per heavy atom. The molecule has 1 unspecified atom stereocenters. The predicted octanol–water partition coefficient (Wildman–Crippen LogP) is 2.79. The molecule has 4 heteroatoms. The maximum Gasteiger partial charge on any atom is 0.0534 e. The first-order valence-electron chi connectivity index (χ1n) is 6.09. The standard InChI is InChI=1S/C14H18ClN3/c1-11(7-13-5-3-4-6-14(13)15)16-8-12-9-17-18(2)10-12/h3-6,9-11,16H,7-8H2,1-2H3. The van der Waals surface area contributed by atoms with Crippen LogP contribution in [0.15, 0.2) is 36.7 Å². The van der Waals surface area contributed by atoms with Crippen LogP contribution in [0.2, 0.25) is 5.02 Å². The van der Waals surface area contributed by atoms with Crippen molar-refractivity contribution in [3.05, 3.63) is 52.8 Å². The molecule has 2 rings (SSSR count). The second kappa shape index (κ2) is 6.03. The van der Waals surface area contributed by atoms with E-state index in [4.69, 9.17) is 11.6 Å². The van der Waals surface area contributed by atoms with E-state index >= 15 is 0 Å². The summed E-state index contributed by atoms with van der Waals surface area (Å²) in [6.45, 7) is 3.00. The fraction of sp³-hybridized carbons (Fsp3) is 0.357. The molecular formula is C14H18ClN3. The molecule has 1 aromatic heterocycles. The second-order valence-electron chi connectivity index (χ2n) is 4.60. The summed E-state index contributed by atoms with van der Waals surface area (Å²) in [6, 6.07) is 8.37. The number of benzene rings is 1. The summed E-state index contributed by atoms with van der Waals surface area (Å²) in [4.78, 5) is 0. The van der Waals surface area contributed by atoms with Crippen LogP contribution in [-0.2, 0) is 20.0 Å². The highest BCUT2D eigenvalue weighted by Gasteiger charge is 2.06. The van der Waals surface area contributed by atoms with Crippen LogP contribution in [0, 0.1) is 0 Å². The van der Waals surface area contributed by atoms with Crippen LogP contribution in [0.25, 0.3) is 0 Å². The smallest absolute Gasteiger partial charge is 0.0534 e. The monoisotopic (exact) mass is 263 g/mol.